The number of nitrogens with zero attached hydrogens (tertiary/aromatic N) is 2. The van der Waals surface area contributed by atoms with E-state index in [0.717, 1.165) is 5.56 Å². The van der Waals surface area contributed by atoms with Crippen LogP contribution in [0.5, 0.6) is 11.5 Å². The minimum absolute atomic E-state index is 0.105. The van der Waals surface area contributed by atoms with Gasteiger partial charge < -0.3 is 10.2 Å². The van der Waals surface area contributed by atoms with Crippen LogP contribution in [0.2, 0.25) is 0 Å². The summed E-state index contributed by atoms with van der Waals surface area (Å²) in [6.45, 7) is 1.92. The molecule has 3 rings (SSSR count). The van der Waals surface area contributed by atoms with Crippen LogP contribution in [-0.4, -0.2) is 19.8 Å². The molecule has 1 aromatic heterocycles. The van der Waals surface area contributed by atoms with E-state index in [1.165, 1.54) is 29.1 Å². The Morgan fingerprint density at radius 3 is 2.48 bits per heavy atom. The number of aromatic nitrogens is 2. The van der Waals surface area contributed by atoms with Gasteiger partial charge in [-0.15, -0.1) is 0 Å². The van der Waals surface area contributed by atoms with Crippen molar-refractivity contribution in [3.05, 3.63) is 58.6 Å². The van der Waals surface area contributed by atoms with E-state index < -0.39 is 0 Å². The van der Waals surface area contributed by atoms with Gasteiger partial charge in [-0.1, -0.05) is 6.92 Å². The van der Waals surface area contributed by atoms with E-state index in [1.807, 2.05) is 6.92 Å². The molecule has 21 heavy (non-hydrogen) atoms. The van der Waals surface area contributed by atoms with Gasteiger partial charge in [-0.25, -0.2) is 4.98 Å². The zero-order valence-corrected chi connectivity index (χ0v) is 11.4. The number of phenols is 2. The van der Waals surface area contributed by atoms with Gasteiger partial charge in [0.1, 0.15) is 17.8 Å². The number of aromatic hydroxyl groups is 2. The topological polar surface area (TPSA) is 75.3 Å². The molecule has 0 atom stereocenters. The number of phenolic OH excluding ortho intramolecular Hbond substituents is 2. The lowest BCUT2D eigenvalue weighted by atomic mass is 10.1. The number of fused-ring (bicyclic) bond motifs is 1. The molecule has 0 fully saturated rings. The minimum Gasteiger partial charge on any atom is -0.508 e. The predicted molar refractivity (Wildman–Crippen MR) is 80.0 cm³/mol. The van der Waals surface area contributed by atoms with Gasteiger partial charge in [-0.05, 0) is 42.3 Å². The van der Waals surface area contributed by atoms with Crippen molar-refractivity contribution in [2.75, 3.05) is 0 Å². The molecule has 106 valence electrons. The van der Waals surface area contributed by atoms with Gasteiger partial charge in [0, 0.05) is 6.07 Å². The maximum atomic E-state index is 12.7. The predicted octanol–water partition coefficient (Wildman–Crippen LogP) is 2.36. The van der Waals surface area contributed by atoms with Crippen LogP contribution < -0.4 is 5.56 Å². The molecule has 5 heteroatoms. The van der Waals surface area contributed by atoms with Crippen molar-refractivity contribution in [3.8, 4) is 17.2 Å². The van der Waals surface area contributed by atoms with Crippen LogP contribution in [0, 0.1) is 0 Å². The quantitative estimate of drug-likeness (QED) is 0.756. The summed E-state index contributed by atoms with van der Waals surface area (Å²) in [7, 11) is 0. The van der Waals surface area contributed by atoms with Crippen LogP contribution in [0.15, 0.2) is 47.5 Å². The van der Waals surface area contributed by atoms with Crippen molar-refractivity contribution >= 4 is 10.9 Å². The van der Waals surface area contributed by atoms with Crippen LogP contribution in [-0.2, 0) is 6.42 Å². The first kappa shape index (κ1) is 13.2. The Hall–Kier alpha value is -2.82. The molecule has 0 saturated carbocycles. The Morgan fingerprint density at radius 1 is 1.10 bits per heavy atom. The molecule has 1 heterocycles. The van der Waals surface area contributed by atoms with Crippen LogP contribution in [0.3, 0.4) is 0 Å². The first-order chi connectivity index (χ1) is 10.1. The SMILES string of the molecule is CCc1cc(O)cc2ncn(-c3ccc(O)cc3)c(=O)c12. The highest BCUT2D eigenvalue weighted by Crippen LogP contribution is 2.22. The number of rotatable bonds is 2. The number of aryl methyl sites for hydroxylation is 1. The van der Waals surface area contributed by atoms with Crippen molar-refractivity contribution in [3.63, 3.8) is 0 Å². The largest absolute Gasteiger partial charge is 0.508 e. The highest BCUT2D eigenvalue weighted by atomic mass is 16.3. The maximum Gasteiger partial charge on any atom is 0.266 e. The molecule has 0 amide bonds. The molecule has 0 spiro atoms. The smallest absolute Gasteiger partial charge is 0.266 e. The fourth-order valence-electron chi connectivity index (χ4n) is 2.39. The second-order valence-electron chi connectivity index (χ2n) is 4.79. The molecule has 0 bridgehead atoms. The molecular weight excluding hydrogens is 268 g/mol. The van der Waals surface area contributed by atoms with Gasteiger partial charge >= 0.3 is 0 Å². The Balaban J connectivity index is 2.32. The van der Waals surface area contributed by atoms with Gasteiger partial charge in [-0.3, -0.25) is 9.36 Å². The Morgan fingerprint density at radius 2 is 1.81 bits per heavy atom. The van der Waals surface area contributed by atoms with Gasteiger partial charge in [0.2, 0.25) is 0 Å². The molecule has 0 unspecified atom stereocenters. The second-order valence-corrected chi connectivity index (χ2v) is 4.79. The van der Waals surface area contributed by atoms with Gasteiger partial charge in [0.05, 0.1) is 16.6 Å². The molecular formula is C16H14N2O3. The normalized spacial score (nSPS) is 10.9. The van der Waals surface area contributed by atoms with Crippen LogP contribution >= 0.6 is 0 Å². The summed E-state index contributed by atoms with van der Waals surface area (Å²) in [5, 5.41) is 19.5. The number of hydrogen-bond donors (Lipinski definition) is 2. The van der Waals surface area contributed by atoms with E-state index in [0.29, 0.717) is 23.0 Å². The second kappa shape index (κ2) is 4.94. The molecule has 0 saturated heterocycles. The fourth-order valence-corrected chi connectivity index (χ4v) is 2.39. The standard InChI is InChI=1S/C16H14N2O3/c1-2-10-7-13(20)8-14-15(10)16(21)18(9-17-14)11-3-5-12(19)6-4-11/h3-9,19-20H,2H2,1H3. The van der Waals surface area contributed by atoms with Crippen LogP contribution in [0.4, 0.5) is 0 Å². The van der Waals surface area contributed by atoms with Crippen molar-refractivity contribution in [1.29, 1.82) is 0 Å². The molecule has 0 aliphatic heterocycles. The molecule has 0 aliphatic carbocycles. The van der Waals surface area contributed by atoms with Gasteiger partial charge in [0.25, 0.3) is 5.56 Å². The van der Waals surface area contributed by atoms with Crippen molar-refractivity contribution in [2.24, 2.45) is 0 Å². The zero-order chi connectivity index (χ0) is 15.0. The number of benzene rings is 2. The van der Waals surface area contributed by atoms with Crippen molar-refractivity contribution in [2.45, 2.75) is 13.3 Å². The summed E-state index contributed by atoms with van der Waals surface area (Å²) in [6, 6.07) is 9.41. The maximum absolute atomic E-state index is 12.7. The molecule has 0 radical (unpaired) electrons. The lowest BCUT2D eigenvalue weighted by Crippen LogP contribution is -2.19. The third-order valence-corrected chi connectivity index (χ3v) is 3.44. The lowest BCUT2D eigenvalue weighted by Gasteiger charge is -2.09. The average molecular weight is 282 g/mol. The summed E-state index contributed by atoms with van der Waals surface area (Å²) in [5.41, 5.74) is 1.67. The zero-order valence-electron chi connectivity index (χ0n) is 11.4. The molecule has 2 aromatic carbocycles. The summed E-state index contributed by atoms with van der Waals surface area (Å²) in [4.78, 5) is 16.9. The minimum atomic E-state index is -0.192. The Kier molecular flexibility index (Phi) is 3.10. The lowest BCUT2D eigenvalue weighted by molar-refractivity contribution is 0.474. The Labute approximate surface area is 120 Å². The Bertz CT molecular complexity index is 867. The molecule has 3 aromatic rings. The van der Waals surface area contributed by atoms with Gasteiger partial charge in [-0.2, -0.15) is 0 Å². The van der Waals surface area contributed by atoms with Crippen LogP contribution in [0.1, 0.15) is 12.5 Å². The molecule has 2 N–H and O–H groups in total. The van der Waals surface area contributed by atoms with E-state index in [1.54, 1.807) is 18.2 Å². The van der Waals surface area contributed by atoms with E-state index in [4.69, 9.17) is 0 Å². The van der Waals surface area contributed by atoms with E-state index in [-0.39, 0.29) is 17.1 Å². The summed E-state index contributed by atoms with van der Waals surface area (Å²) in [6.07, 6.45) is 2.05. The first-order valence-electron chi connectivity index (χ1n) is 6.63. The third-order valence-electron chi connectivity index (χ3n) is 3.44. The van der Waals surface area contributed by atoms with E-state index >= 15 is 0 Å². The summed E-state index contributed by atoms with van der Waals surface area (Å²) >= 11 is 0. The summed E-state index contributed by atoms with van der Waals surface area (Å²) in [5.74, 6) is 0.244. The fraction of sp³-hybridized carbons (Fsp3) is 0.125. The third kappa shape index (κ3) is 2.23. The monoisotopic (exact) mass is 282 g/mol. The molecule has 5 nitrogen and oxygen atoms in total. The van der Waals surface area contributed by atoms with Crippen molar-refractivity contribution in [1.82, 2.24) is 9.55 Å². The van der Waals surface area contributed by atoms with E-state index in [2.05, 4.69) is 4.98 Å². The highest BCUT2D eigenvalue weighted by molar-refractivity contribution is 5.83. The van der Waals surface area contributed by atoms with Crippen molar-refractivity contribution < 1.29 is 10.2 Å². The number of hydrogen-bond acceptors (Lipinski definition) is 4. The average Bonchev–Trinajstić information content (AvgIpc) is 2.48. The highest BCUT2D eigenvalue weighted by Gasteiger charge is 2.11. The summed E-state index contributed by atoms with van der Waals surface area (Å²) < 4.78 is 1.43. The van der Waals surface area contributed by atoms with E-state index in [9.17, 15) is 15.0 Å². The van der Waals surface area contributed by atoms with Gasteiger partial charge in [0.15, 0.2) is 0 Å². The first-order valence-corrected chi connectivity index (χ1v) is 6.63. The molecule has 0 aliphatic rings. The van der Waals surface area contributed by atoms with Crippen LogP contribution in [0.25, 0.3) is 16.6 Å².